The van der Waals surface area contributed by atoms with Gasteiger partial charge in [0.1, 0.15) is 5.69 Å². The molecule has 0 aliphatic heterocycles. The zero-order chi connectivity index (χ0) is 22.3. The number of nitrogens with zero attached hydrogens (tertiary/aromatic N) is 4. The van der Waals surface area contributed by atoms with Crippen molar-refractivity contribution in [2.24, 2.45) is 0 Å². The topological polar surface area (TPSA) is 128 Å². The molecule has 31 heavy (non-hydrogen) atoms. The van der Waals surface area contributed by atoms with E-state index >= 15 is 0 Å². The van der Waals surface area contributed by atoms with Crippen LogP contribution in [0.5, 0.6) is 0 Å². The molecule has 0 saturated carbocycles. The van der Waals surface area contributed by atoms with E-state index in [9.17, 15) is 18.3 Å². The maximum absolute atomic E-state index is 11.8. The van der Waals surface area contributed by atoms with Crippen LogP contribution in [0.4, 0.5) is 0 Å². The molecule has 0 fully saturated rings. The van der Waals surface area contributed by atoms with Crippen molar-refractivity contribution < 1.29 is 22.7 Å². The molecule has 0 spiro atoms. The molecule has 9 nitrogen and oxygen atoms in total. The lowest BCUT2D eigenvalue weighted by Crippen LogP contribution is -2.03. The van der Waals surface area contributed by atoms with Crippen LogP contribution in [-0.2, 0) is 9.84 Å². The van der Waals surface area contributed by atoms with Crippen molar-refractivity contribution in [3.63, 3.8) is 0 Å². The first kappa shape index (κ1) is 21.2. The third kappa shape index (κ3) is 3.99. The number of sulfone groups is 1. The number of rotatable bonds is 5. The van der Waals surface area contributed by atoms with Crippen molar-refractivity contribution in [2.45, 2.75) is 4.90 Å². The van der Waals surface area contributed by atoms with Crippen LogP contribution in [0, 0.1) is 0 Å². The SMILES string of the molecule is CS(=O)(=O)c1cccc(-c2nnc(-c3c(Br)c(C(=O)O)nn3-c3ccccc3Cl)o2)c1. The molecular formula is C19H12BrClN4O5S. The molecule has 0 bridgehead atoms. The zero-order valence-electron chi connectivity index (χ0n) is 15.7. The highest BCUT2D eigenvalue weighted by atomic mass is 79.9. The number of carboxylic acid groups (broad SMARTS) is 1. The number of halogens is 2. The number of para-hydroxylation sites is 1. The molecule has 158 valence electrons. The van der Waals surface area contributed by atoms with Gasteiger partial charge in [-0.3, -0.25) is 0 Å². The van der Waals surface area contributed by atoms with Crippen LogP contribution in [0.3, 0.4) is 0 Å². The van der Waals surface area contributed by atoms with E-state index in [1.54, 1.807) is 36.4 Å². The van der Waals surface area contributed by atoms with Gasteiger partial charge in [-0.25, -0.2) is 17.9 Å². The third-order valence-electron chi connectivity index (χ3n) is 4.25. The third-order valence-corrected chi connectivity index (χ3v) is 6.43. The lowest BCUT2D eigenvalue weighted by atomic mass is 10.2. The van der Waals surface area contributed by atoms with Gasteiger partial charge in [0.05, 0.1) is 20.1 Å². The maximum Gasteiger partial charge on any atom is 0.357 e. The van der Waals surface area contributed by atoms with Gasteiger partial charge in [0.15, 0.2) is 15.5 Å². The van der Waals surface area contributed by atoms with Gasteiger partial charge in [-0.2, -0.15) is 5.10 Å². The second kappa shape index (κ2) is 7.91. The van der Waals surface area contributed by atoms with Gasteiger partial charge in [0, 0.05) is 11.8 Å². The summed E-state index contributed by atoms with van der Waals surface area (Å²) >= 11 is 9.52. The summed E-state index contributed by atoms with van der Waals surface area (Å²) in [6, 6.07) is 12.8. The van der Waals surface area contributed by atoms with Crippen LogP contribution in [0.1, 0.15) is 10.5 Å². The summed E-state index contributed by atoms with van der Waals surface area (Å²) in [6.07, 6.45) is 1.10. The Morgan fingerprint density at radius 3 is 2.52 bits per heavy atom. The quantitative estimate of drug-likeness (QED) is 0.414. The summed E-state index contributed by atoms with van der Waals surface area (Å²) in [5, 5.41) is 21.9. The Balaban J connectivity index is 1.88. The van der Waals surface area contributed by atoms with Crippen molar-refractivity contribution in [1.29, 1.82) is 0 Å². The largest absolute Gasteiger partial charge is 0.476 e. The van der Waals surface area contributed by atoms with Crippen LogP contribution in [0.2, 0.25) is 5.02 Å². The monoisotopic (exact) mass is 522 g/mol. The van der Waals surface area contributed by atoms with E-state index in [2.05, 4.69) is 31.2 Å². The Kier molecular flexibility index (Phi) is 5.42. The number of carbonyl (C=O) groups is 1. The average molecular weight is 524 g/mol. The van der Waals surface area contributed by atoms with E-state index < -0.39 is 15.8 Å². The molecule has 4 aromatic rings. The van der Waals surface area contributed by atoms with Crippen molar-refractivity contribution in [2.75, 3.05) is 6.26 Å². The van der Waals surface area contributed by atoms with Gasteiger partial charge < -0.3 is 9.52 Å². The fraction of sp³-hybridized carbons (Fsp3) is 0.0526. The highest BCUT2D eigenvalue weighted by molar-refractivity contribution is 9.10. The van der Waals surface area contributed by atoms with Crippen LogP contribution in [0.25, 0.3) is 28.7 Å². The summed E-state index contributed by atoms with van der Waals surface area (Å²) in [5.74, 6) is -1.25. The minimum Gasteiger partial charge on any atom is -0.476 e. The van der Waals surface area contributed by atoms with E-state index in [0.717, 1.165) is 6.26 Å². The normalized spacial score (nSPS) is 11.6. The van der Waals surface area contributed by atoms with Gasteiger partial charge in [0.2, 0.25) is 5.89 Å². The highest BCUT2D eigenvalue weighted by Gasteiger charge is 2.27. The summed E-state index contributed by atoms with van der Waals surface area (Å²) in [7, 11) is -3.43. The summed E-state index contributed by atoms with van der Waals surface area (Å²) in [5.41, 5.74) is 0.712. The molecule has 4 rings (SSSR count). The lowest BCUT2D eigenvalue weighted by molar-refractivity contribution is 0.0689. The highest BCUT2D eigenvalue weighted by Crippen LogP contribution is 2.35. The number of aromatic carboxylic acids is 1. The van der Waals surface area contributed by atoms with Crippen LogP contribution < -0.4 is 0 Å². The van der Waals surface area contributed by atoms with Crippen molar-refractivity contribution in [1.82, 2.24) is 20.0 Å². The molecule has 12 heteroatoms. The molecule has 0 atom stereocenters. The summed E-state index contributed by atoms with van der Waals surface area (Å²) < 4.78 is 30.8. The fourth-order valence-corrected chi connectivity index (χ4v) is 4.28. The van der Waals surface area contributed by atoms with E-state index in [1.165, 1.54) is 16.8 Å². The molecule has 0 radical (unpaired) electrons. The smallest absolute Gasteiger partial charge is 0.357 e. The zero-order valence-corrected chi connectivity index (χ0v) is 18.8. The summed E-state index contributed by atoms with van der Waals surface area (Å²) in [4.78, 5) is 11.7. The Labute approximate surface area is 189 Å². The fourth-order valence-electron chi connectivity index (χ4n) is 2.81. The predicted octanol–water partition coefficient (Wildman–Crippen LogP) is 4.11. The Morgan fingerprint density at radius 1 is 1.13 bits per heavy atom. The number of hydrogen-bond acceptors (Lipinski definition) is 7. The average Bonchev–Trinajstić information content (AvgIpc) is 3.32. The van der Waals surface area contributed by atoms with Crippen molar-refractivity contribution in [3.8, 4) is 28.7 Å². The van der Waals surface area contributed by atoms with Gasteiger partial charge in [0.25, 0.3) is 5.89 Å². The molecule has 2 aromatic carbocycles. The van der Waals surface area contributed by atoms with E-state index in [4.69, 9.17) is 16.0 Å². The second-order valence-electron chi connectivity index (χ2n) is 6.39. The van der Waals surface area contributed by atoms with Crippen molar-refractivity contribution in [3.05, 3.63) is 63.7 Å². The Hall–Kier alpha value is -3.02. The first-order valence-corrected chi connectivity index (χ1v) is 11.6. The molecule has 0 saturated heterocycles. The predicted molar refractivity (Wildman–Crippen MR) is 115 cm³/mol. The first-order chi connectivity index (χ1) is 14.7. The Morgan fingerprint density at radius 2 is 1.84 bits per heavy atom. The molecule has 0 unspecified atom stereocenters. The molecule has 0 aliphatic carbocycles. The molecule has 2 heterocycles. The number of aromatic nitrogens is 4. The van der Waals surface area contributed by atoms with Gasteiger partial charge in [-0.1, -0.05) is 29.8 Å². The Bertz CT molecular complexity index is 1430. The van der Waals surface area contributed by atoms with Gasteiger partial charge in [-0.15, -0.1) is 10.2 Å². The molecular weight excluding hydrogens is 512 g/mol. The van der Waals surface area contributed by atoms with E-state index in [0.29, 0.717) is 16.3 Å². The second-order valence-corrected chi connectivity index (χ2v) is 9.61. The van der Waals surface area contributed by atoms with E-state index in [-0.39, 0.29) is 32.5 Å². The number of carboxylic acids is 1. The maximum atomic E-state index is 11.8. The lowest BCUT2D eigenvalue weighted by Gasteiger charge is -2.06. The number of benzene rings is 2. The van der Waals surface area contributed by atoms with Gasteiger partial charge in [-0.05, 0) is 46.3 Å². The van der Waals surface area contributed by atoms with E-state index in [1.807, 2.05) is 0 Å². The minimum atomic E-state index is -3.43. The van der Waals surface area contributed by atoms with Gasteiger partial charge >= 0.3 is 5.97 Å². The molecule has 1 N–H and O–H groups in total. The van der Waals surface area contributed by atoms with Crippen LogP contribution in [-0.4, -0.2) is 45.7 Å². The standard InChI is InChI=1S/C19H12BrClN4O5S/c1-31(28,29)11-6-4-5-10(9-11)17-22-23-18(30-17)16-14(20)15(19(26)27)24-25(16)13-8-3-2-7-12(13)21/h2-9H,1H3,(H,26,27). The molecule has 0 aliphatic rings. The van der Waals surface area contributed by atoms with Crippen LogP contribution in [0.15, 0.2) is 62.3 Å². The van der Waals surface area contributed by atoms with Crippen LogP contribution >= 0.6 is 27.5 Å². The molecule has 0 amide bonds. The summed E-state index contributed by atoms with van der Waals surface area (Å²) in [6.45, 7) is 0. The minimum absolute atomic E-state index is 0.0356. The van der Waals surface area contributed by atoms with Crippen molar-refractivity contribution >= 4 is 43.3 Å². The molecule has 2 aromatic heterocycles. The number of hydrogen-bond donors (Lipinski definition) is 1. The first-order valence-electron chi connectivity index (χ1n) is 8.58.